The van der Waals surface area contributed by atoms with Crippen LogP contribution in [0.2, 0.25) is 0 Å². The van der Waals surface area contributed by atoms with Crippen LogP contribution in [0.3, 0.4) is 0 Å². The number of aromatic hydroxyl groups is 1. The van der Waals surface area contributed by atoms with Crippen molar-refractivity contribution in [2.75, 3.05) is 0 Å². The molecule has 1 aromatic heterocycles. The van der Waals surface area contributed by atoms with Crippen LogP contribution in [0.4, 0.5) is 0 Å². The zero-order valence-corrected chi connectivity index (χ0v) is 8.41. The van der Waals surface area contributed by atoms with Gasteiger partial charge in [-0.15, -0.1) is 5.10 Å². The summed E-state index contributed by atoms with van der Waals surface area (Å²) in [7, 11) is 0. The minimum Gasteiger partial charge on any atom is -0.508 e. The highest BCUT2D eigenvalue weighted by atomic mass is 16.3. The van der Waals surface area contributed by atoms with E-state index in [9.17, 15) is 5.11 Å². The fourth-order valence-electron chi connectivity index (χ4n) is 1.68. The summed E-state index contributed by atoms with van der Waals surface area (Å²) in [5.74, 6) is 0.220. The summed E-state index contributed by atoms with van der Waals surface area (Å²) < 4.78 is 1.70. The molecule has 78 valence electrons. The van der Waals surface area contributed by atoms with E-state index in [1.165, 1.54) is 0 Å². The molecule has 0 saturated heterocycles. The maximum atomic E-state index is 9.42. The lowest BCUT2D eigenvalue weighted by atomic mass is 10.3. The van der Waals surface area contributed by atoms with Gasteiger partial charge in [-0.1, -0.05) is 23.4 Å². The van der Waals surface area contributed by atoms with Crippen LogP contribution in [-0.4, -0.2) is 20.1 Å². The highest BCUT2D eigenvalue weighted by Crippen LogP contribution is 2.18. The lowest BCUT2D eigenvalue weighted by molar-refractivity contribution is 0.475. The van der Waals surface area contributed by atoms with E-state index >= 15 is 0 Å². The van der Waals surface area contributed by atoms with Crippen molar-refractivity contribution in [2.24, 2.45) is 0 Å². The molecule has 0 saturated carbocycles. The average Bonchev–Trinajstić information content (AvgIpc) is 2.72. The number of rotatable bonds is 1. The first-order chi connectivity index (χ1) is 7.84. The van der Waals surface area contributed by atoms with Crippen molar-refractivity contribution in [3.8, 4) is 11.4 Å². The van der Waals surface area contributed by atoms with Crippen molar-refractivity contribution in [1.29, 1.82) is 0 Å². The number of aromatic nitrogens is 3. The Morgan fingerprint density at radius 3 is 2.75 bits per heavy atom. The van der Waals surface area contributed by atoms with Crippen LogP contribution in [-0.2, 0) is 0 Å². The Labute approximate surface area is 91.8 Å². The van der Waals surface area contributed by atoms with Crippen molar-refractivity contribution >= 4 is 11.0 Å². The molecule has 3 rings (SSSR count). The van der Waals surface area contributed by atoms with Crippen molar-refractivity contribution in [3.63, 3.8) is 0 Å². The molecule has 1 heterocycles. The van der Waals surface area contributed by atoms with E-state index in [4.69, 9.17) is 0 Å². The minimum absolute atomic E-state index is 0.220. The largest absolute Gasteiger partial charge is 0.508 e. The first kappa shape index (κ1) is 8.91. The van der Waals surface area contributed by atoms with Gasteiger partial charge < -0.3 is 5.11 Å². The summed E-state index contributed by atoms with van der Waals surface area (Å²) in [6.45, 7) is 0. The summed E-state index contributed by atoms with van der Waals surface area (Å²) in [4.78, 5) is 0. The second-order valence-electron chi connectivity index (χ2n) is 3.51. The molecule has 0 fully saturated rings. The van der Waals surface area contributed by atoms with Crippen LogP contribution in [0.1, 0.15) is 0 Å². The number of nitrogens with zero attached hydrogens (tertiary/aromatic N) is 3. The zero-order valence-electron chi connectivity index (χ0n) is 8.41. The number of hydrogen-bond donors (Lipinski definition) is 1. The molecular formula is C12H9N3O. The summed E-state index contributed by atoms with van der Waals surface area (Å²) in [5, 5.41) is 17.5. The van der Waals surface area contributed by atoms with E-state index in [0.717, 1.165) is 16.7 Å². The first-order valence-electron chi connectivity index (χ1n) is 4.94. The Kier molecular flexibility index (Phi) is 1.86. The molecule has 0 radical (unpaired) electrons. The predicted octanol–water partition coefficient (Wildman–Crippen LogP) is 2.13. The van der Waals surface area contributed by atoms with Gasteiger partial charge in [0, 0.05) is 6.07 Å². The molecule has 0 spiro atoms. The van der Waals surface area contributed by atoms with Crippen molar-refractivity contribution < 1.29 is 5.11 Å². The van der Waals surface area contributed by atoms with E-state index in [1.807, 2.05) is 30.3 Å². The molecule has 0 unspecified atom stereocenters. The van der Waals surface area contributed by atoms with E-state index in [1.54, 1.807) is 22.9 Å². The molecule has 3 aromatic rings. The number of phenols is 1. The molecule has 0 aliphatic rings. The van der Waals surface area contributed by atoms with E-state index in [-0.39, 0.29) is 5.75 Å². The SMILES string of the molecule is Oc1cccc(-n2nnc3ccccc32)c1. The molecule has 0 bridgehead atoms. The summed E-state index contributed by atoms with van der Waals surface area (Å²) in [5.41, 5.74) is 2.56. The van der Waals surface area contributed by atoms with E-state index in [2.05, 4.69) is 10.3 Å². The molecule has 0 atom stereocenters. The number of fused-ring (bicyclic) bond motifs is 1. The van der Waals surface area contributed by atoms with Crippen LogP contribution < -0.4 is 0 Å². The predicted molar refractivity (Wildman–Crippen MR) is 60.5 cm³/mol. The summed E-state index contributed by atoms with van der Waals surface area (Å²) >= 11 is 0. The van der Waals surface area contributed by atoms with Crippen molar-refractivity contribution in [3.05, 3.63) is 48.5 Å². The normalized spacial score (nSPS) is 10.8. The molecule has 16 heavy (non-hydrogen) atoms. The van der Waals surface area contributed by atoms with E-state index in [0.29, 0.717) is 0 Å². The van der Waals surface area contributed by atoms with Gasteiger partial charge in [0.25, 0.3) is 0 Å². The molecule has 1 N–H and O–H groups in total. The van der Waals surface area contributed by atoms with Gasteiger partial charge in [-0.25, -0.2) is 4.68 Å². The van der Waals surface area contributed by atoms with Crippen LogP contribution in [0.25, 0.3) is 16.7 Å². The third-order valence-electron chi connectivity index (χ3n) is 2.43. The Morgan fingerprint density at radius 2 is 1.88 bits per heavy atom. The minimum atomic E-state index is 0.220. The fraction of sp³-hybridized carbons (Fsp3) is 0. The molecule has 2 aromatic carbocycles. The van der Waals surface area contributed by atoms with Gasteiger partial charge >= 0.3 is 0 Å². The fourth-order valence-corrected chi connectivity index (χ4v) is 1.68. The van der Waals surface area contributed by atoms with E-state index < -0.39 is 0 Å². The smallest absolute Gasteiger partial charge is 0.117 e. The van der Waals surface area contributed by atoms with Gasteiger partial charge in [-0.3, -0.25) is 0 Å². The topological polar surface area (TPSA) is 50.9 Å². The number of phenolic OH excluding ortho intramolecular Hbond substituents is 1. The molecule has 0 aliphatic heterocycles. The third kappa shape index (κ3) is 1.32. The van der Waals surface area contributed by atoms with Gasteiger partial charge in [0.15, 0.2) is 0 Å². The first-order valence-corrected chi connectivity index (χ1v) is 4.94. The average molecular weight is 211 g/mol. The second-order valence-corrected chi connectivity index (χ2v) is 3.51. The number of hydrogen-bond acceptors (Lipinski definition) is 3. The molecular weight excluding hydrogens is 202 g/mol. The van der Waals surface area contributed by atoms with Crippen LogP contribution in [0.5, 0.6) is 5.75 Å². The van der Waals surface area contributed by atoms with Gasteiger partial charge in [0.2, 0.25) is 0 Å². The third-order valence-corrected chi connectivity index (χ3v) is 2.43. The maximum Gasteiger partial charge on any atom is 0.117 e. The highest BCUT2D eigenvalue weighted by Gasteiger charge is 2.05. The lowest BCUT2D eigenvalue weighted by Crippen LogP contribution is -1.95. The number of benzene rings is 2. The Balaban J connectivity index is 2.26. The molecule has 0 amide bonds. The molecule has 0 aliphatic carbocycles. The number of para-hydroxylation sites is 1. The Morgan fingerprint density at radius 1 is 1.00 bits per heavy atom. The maximum absolute atomic E-state index is 9.42. The Bertz CT molecular complexity index is 645. The monoisotopic (exact) mass is 211 g/mol. The standard InChI is InChI=1S/C12H9N3O/c16-10-5-3-4-9(8-10)15-12-7-2-1-6-11(12)13-14-15/h1-8,16H. The van der Waals surface area contributed by atoms with Crippen molar-refractivity contribution in [1.82, 2.24) is 15.0 Å². The van der Waals surface area contributed by atoms with Gasteiger partial charge in [-0.05, 0) is 24.3 Å². The second kappa shape index (κ2) is 3.34. The van der Waals surface area contributed by atoms with Gasteiger partial charge in [0.05, 0.1) is 11.2 Å². The van der Waals surface area contributed by atoms with Gasteiger partial charge in [0.1, 0.15) is 11.3 Å². The highest BCUT2D eigenvalue weighted by molar-refractivity contribution is 5.75. The lowest BCUT2D eigenvalue weighted by Gasteiger charge is -2.01. The summed E-state index contributed by atoms with van der Waals surface area (Å²) in [6, 6.07) is 14.6. The van der Waals surface area contributed by atoms with Crippen LogP contribution in [0.15, 0.2) is 48.5 Å². The summed E-state index contributed by atoms with van der Waals surface area (Å²) in [6.07, 6.45) is 0. The molecule has 4 nitrogen and oxygen atoms in total. The van der Waals surface area contributed by atoms with Crippen LogP contribution >= 0.6 is 0 Å². The zero-order chi connectivity index (χ0) is 11.0. The quantitative estimate of drug-likeness (QED) is 0.670. The van der Waals surface area contributed by atoms with Gasteiger partial charge in [-0.2, -0.15) is 0 Å². The van der Waals surface area contributed by atoms with Crippen LogP contribution in [0, 0.1) is 0 Å². The Hall–Kier alpha value is -2.36. The van der Waals surface area contributed by atoms with Crippen molar-refractivity contribution in [2.45, 2.75) is 0 Å². The molecule has 4 heteroatoms.